The van der Waals surface area contributed by atoms with Crippen LogP contribution in [0.25, 0.3) is 0 Å². The van der Waals surface area contributed by atoms with E-state index in [0.29, 0.717) is 0 Å². The van der Waals surface area contributed by atoms with E-state index in [-0.39, 0.29) is 11.9 Å². The third-order valence-corrected chi connectivity index (χ3v) is 4.08. The molecule has 0 aliphatic carbocycles. The predicted molar refractivity (Wildman–Crippen MR) is 81.4 cm³/mol. The van der Waals surface area contributed by atoms with Crippen LogP contribution in [0.1, 0.15) is 41.6 Å². The van der Waals surface area contributed by atoms with Gasteiger partial charge in [0, 0.05) is 11.6 Å². The van der Waals surface area contributed by atoms with Crippen LogP contribution in [0.4, 0.5) is 0 Å². The minimum atomic E-state index is -0.649. The Kier molecular flexibility index (Phi) is 4.87. The Morgan fingerprint density at radius 1 is 1.40 bits per heavy atom. The van der Waals surface area contributed by atoms with E-state index in [1.807, 2.05) is 43.5 Å². The Balaban J connectivity index is 2.05. The number of rotatable bonds is 5. The molecule has 2 rings (SSSR count). The molecule has 1 aromatic heterocycles. The highest BCUT2D eigenvalue weighted by Gasteiger charge is 2.20. The first-order chi connectivity index (χ1) is 9.61. The number of thiazole rings is 1. The van der Waals surface area contributed by atoms with E-state index in [9.17, 15) is 4.79 Å². The maximum atomic E-state index is 12.2. The molecule has 0 saturated heterocycles. The summed E-state index contributed by atoms with van der Waals surface area (Å²) in [7, 11) is 0. The van der Waals surface area contributed by atoms with E-state index < -0.39 is 6.04 Å². The van der Waals surface area contributed by atoms with Crippen LogP contribution in [-0.4, -0.2) is 10.9 Å². The van der Waals surface area contributed by atoms with Crippen LogP contribution in [-0.2, 0) is 4.79 Å². The zero-order chi connectivity index (χ0) is 14.5. The Morgan fingerprint density at radius 3 is 2.65 bits per heavy atom. The Morgan fingerprint density at radius 2 is 2.10 bits per heavy atom. The molecule has 4 nitrogen and oxygen atoms in total. The average Bonchev–Trinajstić information content (AvgIpc) is 2.98. The normalized spacial score (nSPS) is 13.8. The van der Waals surface area contributed by atoms with Crippen molar-refractivity contribution in [3.63, 3.8) is 0 Å². The first-order valence-corrected chi connectivity index (χ1v) is 7.51. The standard InChI is InChI=1S/C15H19N3OS/c1-3-12(15-17-8-9-20-15)18-14(19)13(16)11-6-4-10(2)5-7-11/h4-9,12-13H,3,16H2,1-2H3,(H,18,19). The van der Waals surface area contributed by atoms with Gasteiger partial charge in [0.1, 0.15) is 11.0 Å². The van der Waals surface area contributed by atoms with E-state index in [1.165, 1.54) is 0 Å². The minimum Gasteiger partial charge on any atom is -0.345 e. The Labute approximate surface area is 123 Å². The maximum absolute atomic E-state index is 12.2. The summed E-state index contributed by atoms with van der Waals surface area (Å²) in [5.41, 5.74) is 7.99. The molecular weight excluding hydrogens is 270 g/mol. The molecule has 0 saturated carbocycles. The molecule has 0 aliphatic heterocycles. The molecule has 2 unspecified atom stereocenters. The number of benzene rings is 1. The number of hydrogen-bond donors (Lipinski definition) is 2. The zero-order valence-corrected chi connectivity index (χ0v) is 12.5. The van der Waals surface area contributed by atoms with E-state index in [2.05, 4.69) is 10.3 Å². The van der Waals surface area contributed by atoms with Crippen LogP contribution >= 0.6 is 11.3 Å². The molecule has 5 heteroatoms. The maximum Gasteiger partial charge on any atom is 0.242 e. The fourth-order valence-electron chi connectivity index (χ4n) is 1.93. The predicted octanol–water partition coefficient (Wildman–Crippen LogP) is 2.72. The smallest absolute Gasteiger partial charge is 0.242 e. The van der Waals surface area contributed by atoms with Crippen molar-refractivity contribution in [2.45, 2.75) is 32.4 Å². The monoisotopic (exact) mass is 289 g/mol. The van der Waals surface area contributed by atoms with Gasteiger partial charge in [0.15, 0.2) is 0 Å². The number of amides is 1. The second kappa shape index (κ2) is 6.63. The third kappa shape index (κ3) is 3.43. The lowest BCUT2D eigenvalue weighted by molar-refractivity contribution is -0.123. The van der Waals surface area contributed by atoms with Crippen molar-refractivity contribution in [1.29, 1.82) is 0 Å². The highest BCUT2D eigenvalue weighted by atomic mass is 32.1. The van der Waals surface area contributed by atoms with Crippen molar-refractivity contribution in [2.24, 2.45) is 5.73 Å². The van der Waals surface area contributed by atoms with Gasteiger partial charge in [-0.05, 0) is 18.9 Å². The van der Waals surface area contributed by atoms with Crippen molar-refractivity contribution in [2.75, 3.05) is 0 Å². The van der Waals surface area contributed by atoms with Crippen molar-refractivity contribution < 1.29 is 4.79 Å². The van der Waals surface area contributed by atoms with Crippen molar-refractivity contribution in [1.82, 2.24) is 10.3 Å². The number of carbonyl (C=O) groups is 1. The molecule has 2 aromatic rings. The topological polar surface area (TPSA) is 68.0 Å². The number of nitrogens with two attached hydrogens (primary N) is 1. The summed E-state index contributed by atoms with van der Waals surface area (Å²) in [6.07, 6.45) is 2.54. The van der Waals surface area contributed by atoms with Gasteiger partial charge in [0.05, 0.1) is 6.04 Å². The lowest BCUT2D eigenvalue weighted by atomic mass is 10.0. The number of nitrogens with zero attached hydrogens (tertiary/aromatic N) is 1. The van der Waals surface area contributed by atoms with E-state index >= 15 is 0 Å². The molecule has 0 bridgehead atoms. The van der Waals surface area contributed by atoms with Crippen LogP contribution in [0, 0.1) is 6.92 Å². The van der Waals surface area contributed by atoms with E-state index in [1.54, 1.807) is 17.5 Å². The fraction of sp³-hybridized carbons (Fsp3) is 0.333. The molecular formula is C15H19N3OS. The molecule has 0 radical (unpaired) electrons. The van der Waals surface area contributed by atoms with Gasteiger partial charge in [-0.25, -0.2) is 4.98 Å². The number of aromatic nitrogens is 1. The van der Waals surface area contributed by atoms with Crippen LogP contribution in [0.2, 0.25) is 0 Å². The summed E-state index contributed by atoms with van der Waals surface area (Å²) >= 11 is 1.54. The van der Waals surface area contributed by atoms with Crippen molar-refractivity contribution >= 4 is 17.2 Å². The summed E-state index contributed by atoms with van der Waals surface area (Å²) in [4.78, 5) is 16.5. The number of carbonyl (C=O) groups excluding carboxylic acids is 1. The first-order valence-electron chi connectivity index (χ1n) is 6.63. The van der Waals surface area contributed by atoms with Gasteiger partial charge in [0.2, 0.25) is 5.91 Å². The highest BCUT2D eigenvalue weighted by Crippen LogP contribution is 2.20. The molecule has 3 N–H and O–H groups in total. The number of hydrogen-bond acceptors (Lipinski definition) is 4. The van der Waals surface area contributed by atoms with Gasteiger partial charge in [-0.15, -0.1) is 11.3 Å². The molecule has 0 fully saturated rings. The van der Waals surface area contributed by atoms with Gasteiger partial charge < -0.3 is 11.1 Å². The quantitative estimate of drug-likeness (QED) is 0.889. The molecule has 0 spiro atoms. The molecule has 1 amide bonds. The summed E-state index contributed by atoms with van der Waals surface area (Å²) in [6, 6.07) is 6.98. The fourth-order valence-corrected chi connectivity index (χ4v) is 2.70. The summed E-state index contributed by atoms with van der Waals surface area (Å²) in [6.45, 7) is 4.02. The van der Waals surface area contributed by atoms with Crippen LogP contribution in [0.5, 0.6) is 0 Å². The second-order valence-electron chi connectivity index (χ2n) is 4.73. The van der Waals surface area contributed by atoms with Crippen molar-refractivity contribution in [3.05, 3.63) is 52.0 Å². The van der Waals surface area contributed by atoms with Crippen molar-refractivity contribution in [3.8, 4) is 0 Å². The molecule has 106 valence electrons. The summed E-state index contributed by atoms with van der Waals surface area (Å²) < 4.78 is 0. The number of nitrogens with one attached hydrogen (secondary N) is 1. The van der Waals surface area contributed by atoms with E-state index in [4.69, 9.17) is 5.73 Å². The van der Waals surface area contributed by atoms with E-state index in [0.717, 1.165) is 22.6 Å². The third-order valence-electron chi connectivity index (χ3n) is 3.19. The minimum absolute atomic E-state index is 0.0704. The van der Waals surface area contributed by atoms with Crippen LogP contribution in [0.15, 0.2) is 35.8 Å². The largest absolute Gasteiger partial charge is 0.345 e. The zero-order valence-electron chi connectivity index (χ0n) is 11.7. The lowest BCUT2D eigenvalue weighted by Gasteiger charge is -2.18. The highest BCUT2D eigenvalue weighted by molar-refractivity contribution is 7.09. The van der Waals surface area contributed by atoms with Crippen LogP contribution < -0.4 is 11.1 Å². The van der Waals surface area contributed by atoms with Crippen LogP contribution in [0.3, 0.4) is 0 Å². The molecule has 20 heavy (non-hydrogen) atoms. The molecule has 0 aliphatic rings. The Hall–Kier alpha value is -1.72. The Bertz CT molecular complexity index is 551. The SMILES string of the molecule is CCC(NC(=O)C(N)c1ccc(C)cc1)c1nccs1. The average molecular weight is 289 g/mol. The van der Waals surface area contributed by atoms with Gasteiger partial charge in [-0.1, -0.05) is 36.8 Å². The summed E-state index contributed by atoms with van der Waals surface area (Å²) in [5.74, 6) is -0.170. The van der Waals surface area contributed by atoms with Gasteiger partial charge >= 0.3 is 0 Å². The molecule has 2 atom stereocenters. The molecule has 1 heterocycles. The second-order valence-corrected chi connectivity index (χ2v) is 5.65. The van der Waals surface area contributed by atoms with Gasteiger partial charge in [0.25, 0.3) is 0 Å². The number of aryl methyl sites for hydroxylation is 1. The van der Waals surface area contributed by atoms with Gasteiger partial charge in [-0.2, -0.15) is 0 Å². The van der Waals surface area contributed by atoms with Gasteiger partial charge in [-0.3, -0.25) is 4.79 Å². The lowest BCUT2D eigenvalue weighted by Crippen LogP contribution is -2.36. The summed E-state index contributed by atoms with van der Waals surface area (Å²) in [5, 5.41) is 5.79. The molecule has 1 aromatic carbocycles. The first kappa shape index (κ1) is 14.7.